The monoisotopic (exact) mass is 563 g/mol. The Kier molecular flexibility index (Phi) is 10.1. The first-order chi connectivity index (χ1) is 17.5. The van der Waals surface area contributed by atoms with Gasteiger partial charge in [-0.2, -0.15) is 13.2 Å². The molecule has 3 rings (SSSR count). The van der Waals surface area contributed by atoms with Crippen LogP contribution in [0.2, 0.25) is 10.0 Å². The van der Waals surface area contributed by atoms with Crippen LogP contribution in [0, 0.1) is 0 Å². The first-order valence-corrected chi connectivity index (χ1v) is 12.4. The number of nitrogens with two attached hydrogens (primary N) is 1. The molecule has 1 fully saturated rings. The van der Waals surface area contributed by atoms with Gasteiger partial charge in [0.15, 0.2) is 0 Å². The summed E-state index contributed by atoms with van der Waals surface area (Å²) in [6.07, 6.45) is -1.62. The first-order valence-electron chi connectivity index (χ1n) is 11.7. The van der Waals surface area contributed by atoms with Gasteiger partial charge in [0.2, 0.25) is 0 Å². The number of methoxy groups -OCH3 is 2. The number of piperidine rings is 1. The van der Waals surface area contributed by atoms with Crippen molar-refractivity contribution >= 4 is 40.6 Å². The minimum absolute atomic E-state index is 0.0688. The van der Waals surface area contributed by atoms with Crippen molar-refractivity contribution in [2.24, 2.45) is 0 Å². The molecule has 0 radical (unpaired) electrons. The Morgan fingerprint density at radius 1 is 1.22 bits per heavy atom. The number of anilines is 2. The van der Waals surface area contributed by atoms with Crippen molar-refractivity contribution in [1.82, 2.24) is 15.2 Å². The second kappa shape index (κ2) is 12.9. The number of carbonyl (C=O) groups excluding carboxylic acids is 1. The number of rotatable bonds is 10. The summed E-state index contributed by atoms with van der Waals surface area (Å²) in [5.41, 5.74) is 5.55. The molecule has 1 saturated heterocycles. The number of hydrogen-bond donors (Lipinski definition) is 3. The van der Waals surface area contributed by atoms with E-state index in [4.69, 9.17) is 38.4 Å². The van der Waals surface area contributed by atoms with E-state index in [2.05, 4.69) is 20.5 Å². The summed E-state index contributed by atoms with van der Waals surface area (Å²) in [5.74, 6) is 0.248. The summed E-state index contributed by atoms with van der Waals surface area (Å²) in [6.45, 7) is 2.73. The quantitative estimate of drug-likeness (QED) is 0.284. The van der Waals surface area contributed by atoms with E-state index < -0.39 is 11.7 Å². The number of amides is 1. The van der Waals surface area contributed by atoms with Crippen molar-refractivity contribution in [3.05, 3.63) is 45.6 Å². The highest BCUT2D eigenvalue weighted by Gasteiger charge is 2.32. The lowest BCUT2D eigenvalue weighted by molar-refractivity contribution is -0.137. The van der Waals surface area contributed by atoms with Gasteiger partial charge < -0.3 is 30.7 Å². The Balaban J connectivity index is 1.44. The van der Waals surface area contributed by atoms with Crippen LogP contribution in [0.25, 0.3) is 0 Å². The standard InChI is InChI=1S/C24H30Cl2F3N5O3/c1-36-20-11-18(30)16(25)10-15(20)23(35)33-19-5-8-34(13-21(19)37-2)7-4-3-6-31-22-17(26)9-14(12-32-22)24(27,28)29/h9-12,19,21H,3-8,13,30H2,1-2H3,(H,31,32)(H,33,35)/t19-,21+/m1/s1. The zero-order chi connectivity index (χ0) is 27.2. The number of nitrogens with one attached hydrogen (secondary N) is 2. The van der Waals surface area contributed by atoms with Crippen LogP contribution in [0.15, 0.2) is 24.4 Å². The van der Waals surface area contributed by atoms with Gasteiger partial charge in [-0.05, 0) is 37.9 Å². The molecule has 204 valence electrons. The number of benzene rings is 1. The van der Waals surface area contributed by atoms with Gasteiger partial charge in [0.25, 0.3) is 5.91 Å². The molecule has 1 aliphatic heterocycles. The SMILES string of the molecule is COc1cc(N)c(Cl)cc1C(=O)N[C@@H]1CCN(CCCCNc2ncc(C(F)(F)F)cc2Cl)C[C@@H]1OC. The third-order valence-electron chi connectivity index (χ3n) is 6.19. The van der Waals surface area contributed by atoms with Gasteiger partial charge in [0.05, 0.1) is 46.1 Å². The lowest BCUT2D eigenvalue weighted by Gasteiger charge is -2.38. The lowest BCUT2D eigenvalue weighted by Crippen LogP contribution is -2.54. The number of alkyl halides is 3. The van der Waals surface area contributed by atoms with Gasteiger partial charge in [-0.1, -0.05) is 23.2 Å². The minimum Gasteiger partial charge on any atom is -0.496 e. The number of pyridine rings is 1. The smallest absolute Gasteiger partial charge is 0.417 e. The van der Waals surface area contributed by atoms with E-state index in [0.29, 0.717) is 36.5 Å². The molecule has 13 heteroatoms. The summed E-state index contributed by atoms with van der Waals surface area (Å²) in [7, 11) is 3.07. The second-order valence-corrected chi connectivity index (χ2v) is 9.52. The molecular formula is C24H30Cl2F3N5O3. The van der Waals surface area contributed by atoms with Crippen LogP contribution in [0.3, 0.4) is 0 Å². The highest BCUT2D eigenvalue weighted by Crippen LogP contribution is 2.32. The number of carbonyl (C=O) groups is 1. The molecule has 0 saturated carbocycles. The van der Waals surface area contributed by atoms with Gasteiger partial charge in [0, 0.05) is 39.0 Å². The third-order valence-corrected chi connectivity index (χ3v) is 6.80. The van der Waals surface area contributed by atoms with E-state index in [1.165, 1.54) is 19.2 Å². The highest BCUT2D eigenvalue weighted by atomic mass is 35.5. The molecule has 0 unspecified atom stereocenters. The van der Waals surface area contributed by atoms with Crippen LogP contribution in [-0.2, 0) is 10.9 Å². The molecule has 8 nitrogen and oxygen atoms in total. The Labute approximate surface area is 223 Å². The van der Waals surface area contributed by atoms with Crippen LogP contribution < -0.4 is 21.1 Å². The zero-order valence-electron chi connectivity index (χ0n) is 20.5. The number of likely N-dealkylation sites (tertiary alicyclic amines) is 1. The van der Waals surface area contributed by atoms with Crippen molar-refractivity contribution < 1.29 is 27.4 Å². The van der Waals surface area contributed by atoms with Gasteiger partial charge in [-0.25, -0.2) is 4.98 Å². The molecule has 4 N–H and O–H groups in total. The van der Waals surface area contributed by atoms with Crippen molar-refractivity contribution in [2.75, 3.05) is 51.4 Å². The average Bonchev–Trinajstić information content (AvgIpc) is 2.86. The molecule has 1 aromatic heterocycles. The Morgan fingerprint density at radius 2 is 1.97 bits per heavy atom. The van der Waals surface area contributed by atoms with Gasteiger partial charge in [0.1, 0.15) is 11.6 Å². The summed E-state index contributed by atoms with van der Waals surface area (Å²) in [4.78, 5) is 18.9. The van der Waals surface area contributed by atoms with Crippen molar-refractivity contribution in [3.63, 3.8) is 0 Å². The topological polar surface area (TPSA) is 102 Å². The van der Waals surface area contributed by atoms with Crippen LogP contribution >= 0.6 is 23.2 Å². The number of aromatic nitrogens is 1. The number of nitrogen functional groups attached to an aromatic ring is 1. The third kappa shape index (κ3) is 7.76. The predicted molar refractivity (Wildman–Crippen MR) is 137 cm³/mol. The molecule has 2 aromatic rings. The second-order valence-electron chi connectivity index (χ2n) is 8.70. The van der Waals surface area contributed by atoms with E-state index in [1.807, 2.05) is 0 Å². The highest BCUT2D eigenvalue weighted by molar-refractivity contribution is 6.33. The number of hydrogen-bond acceptors (Lipinski definition) is 7. The van der Waals surface area contributed by atoms with Crippen molar-refractivity contribution in [2.45, 2.75) is 37.6 Å². The lowest BCUT2D eigenvalue weighted by atomic mass is 10.0. The number of ether oxygens (including phenoxy) is 2. The molecule has 2 atom stereocenters. The number of unbranched alkanes of at least 4 members (excludes halogenated alkanes) is 1. The van der Waals surface area contributed by atoms with Crippen molar-refractivity contribution in [1.29, 1.82) is 0 Å². The Hall–Kier alpha value is -2.47. The maximum absolute atomic E-state index is 12.9. The van der Waals surface area contributed by atoms with Crippen LogP contribution in [-0.4, -0.2) is 68.3 Å². The fourth-order valence-electron chi connectivity index (χ4n) is 4.14. The summed E-state index contributed by atoms with van der Waals surface area (Å²) >= 11 is 12.0. The van der Waals surface area contributed by atoms with E-state index >= 15 is 0 Å². The van der Waals surface area contributed by atoms with Crippen LogP contribution in [0.1, 0.15) is 35.2 Å². The Morgan fingerprint density at radius 3 is 2.62 bits per heavy atom. The maximum Gasteiger partial charge on any atom is 0.417 e. The summed E-state index contributed by atoms with van der Waals surface area (Å²) in [5, 5.41) is 6.21. The molecule has 1 aromatic carbocycles. The minimum atomic E-state index is -4.48. The predicted octanol–water partition coefficient (Wildman–Crippen LogP) is 4.71. The van der Waals surface area contributed by atoms with Gasteiger partial charge in [-0.3, -0.25) is 4.79 Å². The summed E-state index contributed by atoms with van der Waals surface area (Å²) in [6, 6.07) is 3.68. The largest absolute Gasteiger partial charge is 0.496 e. The van der Waals surface area contributed by atoms with E-state index in [1.54, 1.807) is 7.11 Å². The average molecular weight is 564 g/mol. The van der Waals surface area contributed by atoms with E-state index in [9.17, 15) is 18.0 Å². The Bertz CT molecular complexity index is 1090. The first kappa shape index (κ1) is 29.1. The zero-order valence-corrected chi connectivity index (χ0v) is 22.0. The van der Waals surface area contributed by atoms with E-state index in [0.717, 1.165) is 38.2 Å². The fourth-order valence-corrected chi connectivity index (χ4v) is 4.54. The van der Waals surface area contributed by atoms with Crippen LogP contribution in [0.5, 0.6) is 5.75 Å². The summed E-state index contributed by atoms with van der Waals surface area (Å²) < 4.78 is 49.1. The maximum atomic E-state index is 12.9. The number of halogens is 5. The molecule has 1 amide bonds. The molecule has 1 aliphatic rings. The molecular weight excluding hydrogens is 534 g/mol. The molecule has 0 aliphatic carbocycles. The molecule has 0 bridgehead atoms. The normalized spacial score (nSPS) is 18.5. The van der Waals surface area contributed by atoms with Gasteiger partial charge in [-0.15, -0.1) is 0 Å². The molecule has 2 heterocycles. The van der Waals surface area contributed by atoms with Gasteiger partial charge >= 0.3 is 6.18 Å². The number of nitrogens with zero attached hydrogens (tertiary/aromatic N) is 2. The van der Waals surface area contributed by atoms with Crippen molar-refractivity contribution in [3.8, 4) is 5.75 Å². The van der Waals surface area contributed by atoms with E-state index in [-0.39, 0.29) is 33.9 Å². The van der Waals surface area contributed by atoms with Crippen LogP contribution in [0.4, 0.5) is 24.7 Å². The fraction of sp³-hybridized carbons (Fsp3) is 0.500. The molecule has 37 heavy (non-hydrogen) atoms. The molecule has 0 spiro atoms.